The van der Waals surface area contributed by atoms with Crippen molar-refractivity contribution in [2.24, 2.45) is 0 Å². The summed E-state index contributed by atoms with van der Waals surface area (Å²) in [6.45, 7) is 0. The summed E-state index contributed by atoms with van der Waals surface area (Å²) >= 11 is 14.2. The van der Waals surface area contributed by atoms with Gasteiger partial charge in [0.2, 0.25) is 0 Å². The van der Waals surface area contributed by atoms with Crippen molar-refractivity contribution in [2.45, 2.75) is 0 Å². The van der Waals surface area contributed by atoms with E-state index in [0.29, 0.717) is 10.7 Å². The van der Waals surface area contributed by atoms with Gasteiger partial charge in [-0.2, -0.15) is 0 Å². The maximum atomic E-state index is 12.9. The van der Waals surface area contributed by atoms with Crippen LogP contribution in [0.3, 0.4) is 0 Å². The van der Waals surface area contributed by atoms with Crippen LogP contribution in [-0.2, 0) is 9.59 Å². The maximum Gasteiger partial charge on any atom is 0.270 e. The minimum atomic E-state index is -0.489. The number of carbonyl (C=O) groups is 2. The van der Waals surface area contributed by atoms with Crippen LogP contribution in [0.5, 0.6) is 0 Å². The van der Waals surface area contributed by atoms with Crippen molar-refractivity contribution in [3.05, 3.63) is 57.3 Å². The first-order chi connectivity index (χ1) is 12.0. The van der Waals surface area contributed by atoms with Crippen LogP contribution in [0.15, 0.2) is 47.4 Å². The first kappa shape index (κ1) is 16.4. The van der Waals surface area contributed by atoms with E-state index in [1.54, 1.807) is 41.7 Å². The Kier molecular flexibility index (Phi) is 4.16. The molecule has 0 bridgehead atoms. The van der Waals surface area contributed by atoms with E-state index in [9.17, 15) is 9.59 Å². The molecule has 2 aromatic heterocycles. The quantitative estimate of drug-likeness (QED) is 0.390. The summed E-state index contributed by atoms with van der Waals surface area (Å²) in [5, 5.41) is 5.20. The second-order valence-corrected chi connectivity index (χ2v) is 8.12. The van der Waals surface area contributed by atoms with Crippen LogP contribution in [0.25, 0.3) is 15.5 Å². The first-order valence-corrected chi connectivity index (χ1v) is 9.65. The van der Waals surface area contributed by atoms with Crippen LogP contribution in [0.2, 0.25) is 5.02 Å². The number of hydrogen-bond acceptors (Lipinski definition) is 5. The Labute approximate surface area is 161 Å². The average Bonchev–Trinajstić information content (AvgIpc) is 3.14. The van der Waals surface area contributed by atoms with Crippen molar-refractivity contribution < 1.29 is 9.59 Å². The zero-order valence-electron chi connectivity index (χ0n) is 12.5. The summed E-state index contributed by atoms with van der Waals surface area (Å²) in [5.41, 5.74) is 0.606. The van der Waals surface area contributed by atoms with Gasteiger partial charge in [-0.05, 0) is 60.1 Å². The van der Waals surface area contributed by atoms with E-state index in [0.717, 1.165) is 14.3 Å². The maximum absolute atomic E-state index is 12.9. The molecule has 3 aromatic rings. The van der Waals surface area contributed by atoms with Crippen LogP contribution in [-0.4, -0.2) is 16.9 Å². The van der Waals surface area contributed by atoms with Crippen molar-refractivity contribution in [3.63, 3.8) is 0 Å². The van der Waals surface area contributed by atoms with Crippen LogP contribution < -0.4 is 10.2 Å². The zero-order valence-corrected chi connectivity index (χ0v) is 15.7. The van der Waals surface area contributed by atoms with E-state index in [-0.39, 0.29) is 10.7 Å². The normalized spacial score (nSPS) is 16.8. The highest BCUT2D eigenvalue weighted by Gasteiger charge is 2.34. The third-order valence-electron chi connectivity index (χ3n) is 3.63. The number of thiophene rings is 2. The number of nitrogens with zero attached hydrogens (tertiary/aromatic N) is 1. The van der Waals surface area contributed by atoms with Crippen molar-refractivity contribution in [3.8, 4) is 0 Å². The van der Waals surface area contributed by atoms with Gasteiger partial charge < -0.3 is 0 Å². The standard InChI is InChI=1S/C17H9ClN2O2S3/c18-9-1-3-10(4-2-9)20-16(22)12(15(21)19-17(20)23)7-11-8-14-13(25-11)5-6-24-14/h1-8H,(H,19,21,23). The predicted molar refractivity (Wildman–Crippen MR) is 107 cm³/mol. The SMILES string of the molecule is O=C1NC(=S)N(c2ccc(Cl)cc2)C(=O)C1=Cc1cc2sccc2s1. The number of benzene rings is 1. The molecule has 4 rings (SSSR count). The van der Waals surface area contributed by atoms with E-state index >= 15 is 0 Å². The second-order valence-electron chi connectivity index (χ2n) is 5.23. The van der Waals surface area contributed by atoms with E-state index in [1.807, 2.05) is 17.5 Å². The minimum Gasteiger partial charge on any atom is -0.298 e. The molecule has 124 valence electrons. The van der Waals surface area contributed by atoms with Gasteiger partial charge in [-0.3, -0.25) is 19.8 Å². The molecule has 2 amide bonds. The number of rotatable bonds is 2. The molecular weight excluding hydrogens is 396 g/mol. The van der Waals surface area contributed by atoms with Gasteiger partial charge in [-0.1, -0.05) is 11.6 Å². The third-order valence-corrected chi connectivity index (χ3v) is 6.21. The van der Waals surface area contributed by atoms with E-state index in [4.69, 9.17) is 23.8 Å². The van der Waals surface area contributed by atoms with Crippen molar-refractivity contribution in [2.75, 3.05) is 4.90 Å². The van der Waals surface area contributed by atoms with Gasteiger partial charge in [0.1, 0.15) is 5.57 Å². The van der Waals surface area contributed by atoms with Gasteiger partial charge >= 0.3 is 0 Å². The van der Waals surface area contributed by atoms with Gasteiger partial charge in [-0.15, -0.1) is 22.7 Å². The van der Waals surface area contributed by atoms with Gasteiger partial charge in [0.15, 0.2) is 5.11 Å². The predicted octanol–water partition coefficient (Wildman–Crippen LogP) is 4.45. The lowest BCUT2D eigenvalue weighted by atomic mass is 10.1. The molecule has 0 spiro atoms. The summed E-state index contributed by atoms with van der Waals surface area (Å²) in [4.78, 5) is 27.3. The molecular formula is C17H9ClN2O2S3. The molecule has 25 heavy (non-hydrogen) atoms. The van der Waals surface area contributed by atoms with Gasteiger partial charge in [0.25, 0.3) is 11.8 Å². The van der Waals surface area contributed by atoms with Crippen LogP contribution in [0.1, 0.15) is 4.88 Å². The Morgan fingerprint density at radius 2 is 1.88 bits per heavy atom. The van der Waals surface area contributed by atoms with Gasteiger partial charge in [0, 0.05) is 19.3 Å². The number of carbonyl (C=O) groups excluding carboxylic acids is 2. The van der Waals surface area contributed by atoms with Crippen LogP contribution >= 0.6 is 46.5 Å². The van der Waals surface area contributed by atoms with Crippen LogP contribution in [0, 0.1) is 0 Å². The highest BCUT2D eigenvalue weighted by atomic mass is 35.5. The zero-order chi connectivity index (χ0) is 17.6. The van der Waals surface area contributed by atoms with Crippen molar-refractivity contribution >= 4 is 84.6 Å². The Morgan fingerprint density at radius 3 is 2.60 bits per heavy atom. The Hall–Kier alpha value is -2.06. The van der Waals surface area contributed by atoms with Crippen molar-refractivity contribution in [1.82, 2.24) is 5.32 Å². The average molecular weight is 405 g/mol. The molecule has 3 heterocycles. The first-order valence-electron chi connectivity index (χ1n) is 7.17. The smallest absolute Gasteiger partial charge is 0.270 e. The Balaban J connectivity index is 1.74. The topological polar surface area (TPSA) is 49.4 Å². The third kappa shape index (κ3) is 3.00. The molecule has 0 radical (unpaired) electrons. The lowest BCUT2D eigenvalue weighted by Crippen LogP contribution is -2.54. The molecule has 1 aliphatic rings. The van der Waals surface area contributed by atoms with Gasteiger partial charge in [0.05, 0.1) is 5.69 Å². The fourth-order valence-electron chi connectivity index (χ4n) is 2.48. The fourth-order valence-corrected chi connectivity index (χ4v) is 4.95. The molecule has 8 heteroatoms. The number of fused-ring (bicyclic) bond motifs is 1. The lowest BCUT2D eigenvalue weighted by Gasteiger charge is -2.28. The monoisotopic (exact) mass is 404 g/mol. The summed E-state index contributed by atoms with van der Waals surface area (Å²) in [6.07, 6.45) is 1.61. The number of anilines is 1. The van der Waals surface area contributed by atoms with Gasteiger partial charge in [-0.25, -0.2) is 0 Å². The van der Waals surface area contributed by atoms with E-state index < -0.39 is 11.8 Å². The fraction of sp³-hybridized carbons (Fsp3) is 0. The molecule has 1 aliphatic heterocycles. The summed E-state index contributed by atoms with van der Waals surface area (Å²) in [6, 6.07) is 10.7. The number of halogens is 1. The Bertz CT molecular complexity index is 1020. The molecule has 0 atom stereocenters. The molecule has 1 N–H and O–H groups in total. The van der Waals surface area contributed by atoms with E-state index in [2.05, 4.69) is 5.32 Å². The summed E-state index contributed by atoms with van der Waals surface area (Å²) in [7, 11) is 0. The molecule has 4 nitrogen and oxygen atoms in total. The molecule has 0 aliphatic carbocycles. The lowest BCUT2D eigenvalue weighted by molar-refractivity contribution is -0.122. The number of hydrogen-bond donors (Lipinski definition) is 1. The highest BCUT2D eigenvalue weighted by molar-refractivity contribution is 7.80. The number of amides is 2. The summed E-state index contributed by atoms with van der Waals surface area (Å²) < 4.78 is 2.26. The number of nitrogens with one attached hydrogen (secondary N) is 1. The molecule has 0 unspecified atom stereocenters. The van der Waals surface area contributed by atoms with Crippen molar-refractivity contribution in [1.29, 1.82) is 0 Å². The molecule has 1 fully saturated rings. The highest BCUT2D eigenvalue weighted by Crippen LogP contribution is 2.32. The second kappa shape index (κ2) is 6.34. The molecule has 1 aromatic carbocycles. The number of thiocarbonyl (C=S) groups is 1. The van der Waals surface area contributed by atoms with E-state index in [1.165, 1.54) is 16.2 Å². The van der Waals surface area contributed by atoms with Crippen LogP contribution in [0.4, 0.5) is 5.69 Å². The summed E-state index contributed by atoms with van der Waals surface area (Å²) in [5.74, 6) is -0.940. The largest absolute Gasteiger partial charge is 0.298 e. The molecule has 1 saturated heterocycles. The molecule has 0 saturated carbocycles. The minimum absolute atomic E-state index is 0.0532. The Morgan fingerprint density at radius 1 is 1.12 bits per heavy atom.